The van der Waals surface area contributed by atoms with Crippen molar-refractivity contribution in [2.45, 2.75) is 6.42 Å². The molecule has 1 aliphatic heterocycles. The lowest BCUT2D eigenvalue weighted by atomic mass is 10.1. The topological polar surface area (TPSA) is 38.5 Å². The molecule has 0 amide bonds. The Bertz CT molecular complexity index is 615. The maximum atomic E-state index is 6.07. The quantitative estimate of drug-likeness (QED) is 0.877. The number of hydrogen-bond donors (Lipinski definition) is 1. The molecule has 0 bridgehead atoms. The van der Waals surface area contributed by atoms with Crippen molar-refractivity contribution in [3.63, 3.8) is 0 Å². The van der Waals surface area contributed by atoms with Gasteiger partial charge in [0, 0.05) is 6.54 Å². The standard InChI is InChI=1S/C16H17ClN2O/c17-13-5-1-2-7-15(13)20-11-10-19-9-8-12-4-3-6-14(18)16(12)19/h1-7H,8-11,18H2. The van der Waals surface area contributed by atoms with E-state index in [0.717, 1.165) is 36.6 Å². The first-order chi connectivity index (χ1) is 9.75. The van der Waals surface area contributed by atoms with Gasteiger partial charge >= 0.3 is 0 Å². The third kappa shape index (κ3) is 2.54. The molecule has 104 valence electrons. The number of anilines is 2. The lowest BCUT2D eigenvalue weighted by Crippen LogP contribution is -2.26. The lowest BCUT2D eigenvalue weighted by Gasteiger charge is -2.21. The van der Waals surface area contributed by atoms with Crippen LogP contribution in [0.2, 0.25) is 5.02 Å². The number of fused-ring (bicyclic) bond motifs is 1. The Hall–Kier alpha value is -1.87. The van der Waals surface area contributed by atoms with Gasteiger partial charge in [-0.2, -0.15) is 0 Å². The van der Waals surface area contributed by atoms with E-state index in [1.54, 1.807) is 0 Å². The molecule has 0 saturated carbocycles. The molecule has 0 atom stereocenters. The molecule has 1 aliphatic rings. The Morgan fingerprint density at radius 2 is 2.00 bits per heavy atom. The number of nitrogen functional groups attached to an aromatic ring is 1. The minimum atomic E-state index is 0.595. The number of para-hydroxylation sites is 2. The highest BCUT2D eigenvalue weighted by Crippen LogP contribution is 2.33. The van der Waals surface area contributed by atoms with Gasteiger partial charge in [-0.25, -0.2) is 0 Å². The largest absolute Gasteiger partial charge is 0.490 e. The maximum Gasteiger partial charge on any atom is 0.137 e. The first kappa shape index (κ1) is 13.1. The van der Waals surface area contributed by atoms with Crippen LogP contribution in [0.25, 0.3) is 0 Å². The molecule has 2 aromatic rings. The van der Waals surface area contributed by atoms with Crippen LogP contribution in [0, 0.1) is 0 Å². The molecule has 3 nitrogen and oxygen atoms in total. The summed E-state index contributed by atoms with van der Waals surface area (Å²) in [6.45, 7) is 2.40. The zero-order valence-corrected chi connectivity index (χ0v) is 11.9. The molecule has 0 saturated heterocycles. The fourth-order valence-corrected chi connectivity index (χ4v) is 2.81. The fraction of sp³-hybridized carbons (Fsp3) is 0.250. The van der Waals surface area contributed by atoms with Gasteiger partial charge in [0.15, 0.2) is 0 Å². The average molecular weight is 289 g/mol. The number of benzene rings is 2. The van der Waals surface area contributed by atoms with Crippen molar-refractivity contribution in [3.8, 4) is 5.75 Å². The Morgan fingerprint density at radius 1 is 1.15 bits per heavy atom. The zero-order valence-electron chi connectivity index (χ0n) is 11.2. The van der Waals surface area contributed by atoms with Crippen molar-refractivity contribution in [3.05, 3.63) is 53.1 Å². The van der Waals surface area contributed by atoms with Crippen LogP contribution in [-0.4, -0.2) is 19.7 Å². The summed E-state index contributed by atoms with van der Waals surface area (Å²) in [4.78, 5) is 2.28. The summed E-state index contributed by atoms with van der Waals surface area (Å²) in [5.74, 6) is 0.731. The predicted octanol–water partition coefficient (Wildman–Crippen LogP) is 3.36. The average Bonchev–Trinajstić information content (AvgIpc) is 2.86. The number of halogens is 1. The highest BCUT2D eigenvalue weighted by Gasteiger charge is 2.20. The Morgan fingerprint density at radius 3 is 2.85 bits per heavy atom. The van der Waals surface area contributed by atoms with Gasteiger partial charge in [-0.1, -0.05) is 35.9 Å². The number of nitrogens with two attached hydrogens (primary N) is 1. The van der Waals surface area contributed by atoms with Crippen molar-refractivity contribution in [2.24, 2.45) is 0 Å². The van der Waals surface area contributed by atoms with Crippen LogP contribution >= 0.6 is 11.6 Å². The van der Waals surface area contributed by atoms with Crippen molar-refractivity contribution < 1.29 is 4.74 Å². The molecule has 2 aromatic carbocycles. The second-order valence-corrected chi connectivity index (χ2v) is 5.28. The summed E-state index contributed by atoms with van der Waals surface area (Å²) in [6.07, 6.45) is 1.05. The molecule has 20 heavy (non-hydrogen) atoms. The molecule has 0 unspecified atom stereocenters. The van der Waals surface area contributed by atoms with Crippen LogP contribution in [0.5, 0.6) is 5.75 Å². The van der Waals surface area contributed by atoms with E-state index in [2.05, 4.69) is 11.0 Å². The van der Waals surface area contributed by atoms with Crippen molar-refractivity contribution in [2.75, 3.05) is 30.3 Å². The number of ether oxygens (including phenoxy) is 1. The maximum absolute atomic E-state index is 6.07. The van der Waals surface area contributed by atoms with E-state index in [-0.39, 0.29) is 0 Å². The summed E-state index contributed by atoms with van der Waals surface area (Å²) in [5.41, 5.74) is 9.40. The zero-order chi connectivity index (χ0) is 13.9. The molecule has 0 aliphatic carbocycles. The summed E-state index contributed by atoms with van der Waals surface area (Å²) in [7, 11) is 0. The van der Waals surface area contributed by atoms with E-state index >= 15 is 0 Å². The molecule has 0 spiro atoms. The van der Waals surface area contributed by atoms with E-state index in [0.29, 0.717) is 11.6 Å². The van der Waals surface area contributed by atoms with Crippen LogP contribution in [-0.2, 0) is 6.42 Å². The van der Waals surface area contributed by atoms with Gasteiger partial charge in [0.2, 0.25) is 0 Å². The third-order valence-corrected chi connectivity index (χ3v) is 3.89. The van der Waals surface area contributed by atoms with Gasteiger partial charge in [0.25, 0.3) is 0 Å². The first-order valence-electron chi connectivity index (χ1n) is 6.75. The van der Waals surface area contributed by atoms with Gasteiger partial charge in [0.1, 0.15) is 12.4 Å². The van der Waals surface area contributed by atoms with Crippen molar-refractivity contribution >= 4 is 23.0 Å². The van der Waals surface area contributed by atoms with Crippen molar-refractivity contribution in [1.82, 2.24) is 0 Å². The molecule has 0 radical (unpaired) electrons. The highest BCUT2D eigenvalue weighted by atomic mass is 35.5. The van der Waals surface area contributed by atoms with Gasteiger partial charge in [-0.3, -0.25) is 0 Å². The molecular formula is C16H17ClN2O. The molecule has 4 heteroatoms. The van der Waals surface area contributed by atoms with E-state index in [1.165, 1.54) is 5.56 Å². The summed E-state index contributed by atoms with van der Waals surface area (Å²) in [5, 5.41) is 0.647. The van der Waals surface area contributed by atoms with Gasteiger partial charge in [-0.05, 0) is 30.2 Å². The normalized spacial score (nSPS) is 13.3. The van der Waals surface area contributed by atoms with Crippen LogP contribution < -0.4 is 15.4 Å². The Kier molecular flexibility index (Phi) is 3.70. The van der Waals surface area contributed by atoms with E-state index in [1.807, 2.05) is 36.4 Å². The van der Waals surface area contributed by atoms with Crippen molar-refractivity contribution in [1.29, 1.82) is 0 Å². The Labute approximate surface area is 123 Å². The summed E-state index contributed by atoms with van der Waals surface area (Å²) < 4.78 is 5.74. The highest BCUT2D eigenvalue weighted by molar-refractivity contribution is 6.32. The monoisotopic (exact) mass is 288 g/mol. The molecule has 2 N–H and O–H groups in total. The smallest absolute Gasteiger partial charge is 0.137 e. The van der Waals surface area contributed by atoms with Crippen LogP contribution in [0.1, 0.15) is 5.56 Å². The van der Waals surface area contributed by atoms with Gasteiger partial charge < -0.3 is 15.4 Å². The van der Waals surface area contributed by atoms with Gasteiger partial charge in [0.05, 0.1) is 22.9 Å². The van der Waals surface area contributed by atoms with E-state index in [9.17, 15) is 0 Å². The fourth-order valence-electron chi connectivity index (χ4n) is 2.62. The molecular weight excluding hydrogens is 272 g/mol. The van der Waals surface area contributed by atoms with E-state index < -0.39 is 0 Å². The molecule has 3 rings (SSSR count). The SMILES string of the molecule is Nc1cccc2c1N(CCOc1ccccc1Cl)CC2. The minimum absolute atomic E-state index is 0.595. The summed E-state index contributed by atoms with van der Waals surface area (Å²) >= 11 is 6.07. The molecule has 0 aromatic heterocycles. The van der Waals surface area contributed by atoms with E-state index in [4.69, 9.17) is 22.1 Å². The first-order valence-corrected chi connectivity index (χ1v) is 7.13. The third-order valence-electron chi connectivity index (χ3n) is 3.57. The van der Waals surface area contributed by atoms with Crippen LogP contribution in [0.4, 0.5) is 11.4 Å². The molecule has 1 heterocycles. The number of hydrogen-bond acceptors (Lipinski definition) is 3. The lowest BCUT2D eigenvalue weighted by molar-refractivity contribution is 0.325. The predicted molar refractivity (Wildman–Crippen MR) is 83.7 cm³/mol. The number of nitrogens with zero attached hydrogens (tertiary/aromatic N) is 1. The molecule has 0 fully saturated rings. The van der Waals surface area contributed by atoms with Crippen LogP contribution in [0.3, 0.4) is 0 Å². The van der Waals surface area contributed by atoms with Crippen LogP contribution in [0.15, 0.2) is 42.5 Å². The van der Waals surface area contributed by atoms with Gasteiger partial charge in [-0.15, -0.1) is 0 Å². The Balaban J connectivity index is 1.63. The second kappa shape index (κ2) is 5.63. The minimum Gasteiger partial charge on any atom is -0.490 e. The summed E-state index contributed by atoms with van der Waals surface area (Å²) in [6, 6.07) is 13.6. The second-order valence-electron chi connectivity index (χ2n) is 4.87. The number of rotatable bonds is 4.